The van der Waals surface area contributed by atoms with E-state index in [0.29, 0.717) is 22.4 Å². The second kappa shape index (κ2) is 6.27. The average Bonchev–Trinajstić information content (AvgIpc) is 3.07. The number of carbonyl (C=O) groups excluding carboxylic acids is 2. The Kier molecular flexibility index (Phi) is 4.01. The summed E-state index contributed by atoms with van der Waals surface area (Å²) in [7, 11) is 1.26. The maximum Gasteiger partial charge on any atom is 0.373 e. The molecule has 7 nitrogen and oxygen atoms in total. The summed E-state index contributed by atoms with van der Waals surface area (Å²) in [6, 6.07) is 7.92. The Morgan fingerprint density at radius 2 is 1.83 bits per heavy atom. The Morgan fingerprint density at radius 1 is 1.04 bits per heavy atom. The predicted molar refractivity (Wildman–Crippen MR) is 78.7 cm³/mol. The van der Waals surface area contributed by atoms with Gasteiger partial charge in [-0.1, -0.05) is 0 Å². The number of aromatic nitrogens is 2. The van der Waals surface area contributed by atoms with E-state index in [9.17, 15) is 9.59 Å². The first-order valence-corrected chi connectivity index (χ1v) is 6.72. The smallest absolute Gasteiger partial charge is 0.373 e. The highest BCUT2D eigenvalue weighted by Crippen LogP contribution is 2.14. The van der Waals surface area contributed by atoms with Gasteiger partial charge in [-0.15, -0.1) is 0 Å². The van der Waals surface area contributed by atoms with Gasteiger partial charge in [-0.3, -0.25) is 9.97 Å². The second-order valence-electron chi connectivity index (χ2n) is 4.59. The molecule has 0 aliphatic carbocycles. The van der Waals surface area contributed by atoms with Gasteiger partial charge in [-0.25, -0.2) is 9.59 Å². The minimum Gasteiger partial charge on any atom is -0.463 e. The van der Waals surface area contributed by atoms with Gasteiger partial charge in [-0.05, 0) is 30.3 Å². The molecule has 0 amide bonds. The van der Waals surface area contributed by atoms with Gasteiger partial charge in [0, 0.05) is 12.4 Å². The SMILES string of the molecule is COC(=O)c1ccc(COC(=O)c2ccc3nccnc3c2)o1. The van der Waals surface area contributed by atoms with Crippen LogP contribution in [-0.4, -0.2) is 29.0 Å². The number of hydrogen-bond donors (Lipinski definition) is 0. The zero-order chi connectivity index (χ0) is 16.2. The number of nitrogens with zero attached hydrogens (tertiary/aromatic N) is 2. The zero-order valence-electron chi connectivity index (χ0n) is 12.2. The average molecular weight is 312 g/mol. The highest BCUT2D eigenvalue weighted by atomic mass is 16.5. The number of hydrogen-bond acceptors (Lipinski definition) is 7. The highest BCUT2D eigenvalue weighted by Gasteiger charge is 2.13. The van der Waals surface area contributed by atoms with E-state index in [1.54, 1.807) is 36.7 Å². The van der Waals surface area contributed by atoms with Crippen LogP contribution in [0.3, 0.4) is 0 Å². The molecule has 0 spiro atoms. The van der Waals surface area contributed by atoms with Gasteiger partial charge in [0.15, 0.2) is 0 Å². The van der Waals surface area contributed by atoms with Crippen molar-refractivity contribution in [3.63, 3.8) is 0 Å². The number of furan rings is 1. The Labute approximate surface area is 130 Å². The quantitative estimate of drug-likeness (QED) is 0.683. The van der Waals surface area contributed by atoms with Crippen LogP contribution in [0.4, 0.5) is 0 Å². The topological polar surface area (TPSA) is 91.5 Å². The number of fused-ring (bicyclic) bond motifs is 1. The van der Waals surface area contributed by atoms with Crippen LogP contribution in [0, 0.1) is 0 Å². The molecule has 2 heterocycles. The normalized spacial score (nSPS) is 10.5. The fraction of sp³-hybridized carbons (Fsp3) is 0.125. The zero-order valence-corrected chi connectivity index (χ0v) is 12.2. The van der Waals surface area contributed by atoms with Crippen molar-refractivity contribution in [3.05, 3.63) is 59.8 Å². The van der Waals surface area contributed by atoms with E-state index in [0.717, 1.165) is 0 Å². The lowest BCUT2D eigenvalue weighted by molar-refractivity contribution is 0.0438. The van der Waals surface area contributed by atoms with Crippen LogP contribution in [0.2, 0.25) is 0 Å². The molecule has 0 saturated heterocycles. The summed E-state index contributed by atoms with van der Waals surface area (Å²) in [5, 5.41) is 0. The minimum absolute atomic E-state index is 0.0551. The van der Waals surface area contributed by atoms with Crippen LogP contribution in [0.1, 0.15) is 26.7 Å². The summed E-state index contributed by atoms with van der Waals surface area (Å²) in [6.45, 7) is -0.0890. The molecule has 0 atom stereocenters. The molecule has 0 bridgehead atoms. The third-order valence-corrected chi connectivity index (χ3v) is 3.10. The third-order valence-electron chi connectivity index (χ3n) is 3.10. The maximum absolute atomic E-state index is 12.1. The molecule has 0 N–H and O–H groups in total. The van der Waals surface area contributed by atoms with Crippen molar-refractivity contribution in [1.29, 1.82) is 0 Å². The predicted octanol–water partition coefficient (Wildman–Crippen LogP) is 2.37. The molecular formula is C16H12N2O5. The Morgan fingerprint density at radius 3 is 2.61 bits per heavy atom. The molecule has 0 saturated carbocycles. The Hall–Kier alpha value is -3.22. The van der Waals surface area contributed by atoms with E-state index in [1.807, 2.05) is 0 Å². The largest absolute Gasteiger partial charge is 0.463 e. The lowest BCUT2D eigenvalue weighted by Crippen LogP contribution is -2.05. The Balaban J connectivity index is 1.68. The van der Waals surface area contributed by atoms with E-state index in [2.05, 4.69) is 14.7 Å². The molecule has 3 rings (SSSR count). The van der Waals surface area contributed by atoms with Crippen molar-refractivity contribution in [3.8, 4) is 0 Å². The van der Waals surface area contributed by atoms with Crippen LogP contribution in [0.15, 0.2) is 47.1 Å². The molecule has 23 heavy (non-hydrogen) atoms. The molecule has 0 unspecified atom stereocenters. The summed E-state index contributed by atoms with van der Waals surface area (Å²) >= 11 is 0. The second-order valence-corrected chi connectivity index (χ2v) is 4.59. The van der Waals surface area contributed by atoms with Crippen LogP contribution >= 0.6 is 0 Å². The van der Waals surface area contributed by atoms with Gasteiger partial charge in [0.1, 0.15) is 12.4 Å². The van der Waals surface area contributed by atoms with Gasteiger partial charge in [-0.2, -0.15) is 0 Å². The van der Waals surface area contributed by atoms with Crippen LogP contribution < -0.4 is 0 Å². The number of esters is 2. The lowest BCUT2D eigenvalue weighted by atomic mass is 10.2. The van der Waals surface area contributed by atoms with Crippen molar-refractivity contribution < 1.29 is 23.5 Å². The van der Waals surface area contributed by atoms with Crippen molar-refractivity contribution in [1.82, 2.24) is 9.97 Å². The molecule has 1 aromatic carbocycles. The van der Waals surface area contributed by atoms with Gasteiger partial charge < -0.3 is 13.9 Å². The summed E-state index contributed by atoms with van der Waals surface area (Å²) in [5.41, 5.74) is 1.66. The summed E-state index contributed by atoms with van der Waals surface area (Å²) in [6.07, 6.45) is 3.13. The maximum atomic E-state index is 12.1. The monoisotopic (exact) mass is 312 g/mol. The van der Waals surface area contributed by atoms with E-state index < -0.39 is 11.9 Å². The summed E-state index contributed by atoms with van der Waals surface area (Å²) in [4.78, 5) is 31.6. The number of benzene rings is 1. The molecule has 0 fully saturated rings. The molecule has 0 aliphatic heterocycles. The van der Waals surface area contributed by atoms with Crippen molar-refractivity contribution in [2.45, 2.75) is 6.61 Å². The van der Waals surface area contributed by atoms with Crippen molar-refractivity contribution >= 4 is 23.0 Å². The number of methoxy groups -OCH3 is 1. The first kappa shape index (κ1) is 14.7. The standard InChI is InChI=1S/C16H12N2O5/c1-21-16(20)14-5-3-11(23-14)9-22-15(19)10-2-4-12-13(8-10)18-7-6-17-12/h2-8H,9H2,1H3. The minimum atomic E-state index is -0.587. The molecule has 3 aromatic rings. The van der Waals surface area contributed by atoms with Gasteiger partial charge >= 0.3 is 11.9 Å². The number of carbonyl (C=O) groups is 2. The molecule has 116 valence electrons. The molecular weight excluding hydrogens is 300 g/mol. The van der Waals surface area contributed by atoms with Crippen LogP contribution in [0.25, 0.3) is 11.0 Å². The van der Waals surface area contributed by atoms with E-state index >= 15 is 0 Å². The number of rotatable bonds is 4. The van der Waals surface area contributed by atoms with Crippen molar-refractivity contribution in [2.24, 2.45) is 0 Å². The van der Waals surface area contributed by atoms with E-state index in [1.165, 1.54) is 13.2 Å². The molecule has 7 heteroatoms. The highest BCUT2D eigenvalue weighted by molar-refractivity contribution is 5.93. The fourth-order valence-corrected chi connectivity index (χ4v) is 1.98. The first-order chi connectivity index (χ1) is 11.2. The van der Waals surface area contributed by atoms with Gasteiger partial charge in [0.2, 0.25) is 5.76 Å². The molecule has 2 aromatic heterocycles. The van der Waals surface area contributed by atoms with Crippen LogP contribution in [-0.2, 0) is 16.1 Å². The van der Waals surface area contributed by atoms with E-state index in [-0.39, 0.29) is 12.4 Å². The van der Waals surface area contributed by atoms with E-state index in [4.69, 9.17) is 9.15 Å². The fourth-order valence-electron chi connectivity index (χ4n) is 1.98. The summed E-state index contributed by atoms with van der Waals surface area (Å²) < 4.78 is 14.9. The van der Waals surface area contributed by atoms with Gasteiger partial charge in [0.05, 0.1) is 23.7 Å². The molecule has 0 aliphatic rings. The van der Waals surface area contributed by atoms with Crippen molar-refractivity contribution in [2.75, 3.05) is 7.11 Å². The summed E-state index contributed by atoms with van der Waals surface area (Å²) in [5.74, 6) is -0.705. The first-order valence-electron chi connectivity index (χ1n) is 6.72. The number of ether oxygens (including phenoxy) is 2. The third kappa shape index (κ3) is 3.18. The van der Waals surface area contributed by atoms with Gasteiger partial charge in [0.25, 0.3) is 0 Å². The lowest BCUT2D eigenvalue weighted by Gasteiger charge is -2.04. The Bertz CT molecular complexity index is 872. The molecule has 0 radical (unpaired) electrons. The van der Waals surface area contributed by atoms with Crippen LogP contribution in [0.5, 0.6) is 0 Å².